The van der Waals surface area contributed by atoms with Crippen LogP contribution in [-0.4, -0.2) is 18.0 Å². The lowest BCUT2D eigenvalue weighted by molar-refractivity contribution is 0.258. The summed E-state index contributed by atoms with van der Waals surface area (Å²) >= 11 is 2.44. The minimum absolute atomic E-state index is 0.0333. The molecule has 1 saturated carbocycles. The Hall–Kier alpha value is -0.580. The Morgan fingerprint density at radius 1 is 1.16 bits per heavy atom. The highest BCUT2D eigenvalue weighted by Gasteiger charge is 2.46. The van der Waals surface area contributed by atoms with Gasteiger partial charge in [0.15, 0.2) is 5.90 Å². The molecule has 2 aliphatic rings. The summed E-state index contributed by atoms with van der Waals surface area (Å²) in [5, 5.41) is 0. The highest BCUT2D eigenvalue weighted by Crippen LogP contribution is 2.46. The second-order valence-electron chi connectivity index (χ2n) is 6.29. The minimum atomic E-state index is -0.0643. The number of benzene rings is 1. The number of rotatable bonds is 2. The van der Waals surface area contributed by atoms with Crippen molar-refractivity contribution in [3.05, 3.63) is 33.4 Å². The van der Waals surface area contributed by atoms with E-state index < -0.39 is 0 Å². The molecular weight excluding hydrogens is 349 g/mol. The number of ether oxygens (including phenoxy) is 1. The first-order valence-electron chi connectivity index (χ1n) is 7.02. The van der Waals surface area contributed by atoms with Crippen molar-refractivity contribution in [3.63, 3.8) is 0 Å². The molecule has 0 radical (unpaired) electrons. The first-order chi connectivity index (χ1) is 9.04. The topological polar surface area (TPSA) is 21.6 Å². The lowest BCUT2D eigenvalue weighted by Crippen LogP contribution is -2.34. The van der Waals surface area contributed by atoms with Gasteiger partial charge in [-0.2, -0.15) is 0 Å². The molecule has 0 saturated heterocycles. The molecule has 3 heteroatoms. The van der Waals surface area contributed by atoms with Crippen molar-refractivity contribution in [1.29, 1.82) is 0 Å². The van der Waals surface area contributed by atoms with Gasteiger partial charge in [0.05, 0.1) is 11.0 Å². The molecule has 1 heterocycles. The fourth-order valence-corrected chi connectivity index (χ4v) is 4.16. The van der Waals surface area contributed by atoms with Crippen LogP contribution < -0.4 is 0 Å². The quantitative estimate of drug-likeness (QED) is 0.712. The zero-order valence-electron chi connectivity index (χ0n) is 11.6. The number of hydrogen-bond donors (Lipinski definition) is 0. The van der Waals surface area contributed by atoms with Crippen molar-refractivity contribution >= 4 is 28.5 Å². The van der Waals surface area contributed by atoms with Crippen LogP contribution in [0.15, 0.2) is 29.3 Å². The third kappa shape index (κ3) is 2.30. The van der Waals surface area contributed by atoms with Gasteiger partial charge >= 0.3 is 0 Å². The zero-order valence-corrected chi connectivity index (χ0v) is 13.7. The van der Waals surface area contributed by atoms with Gasteiger partial charge in [-0.05, 0) is 60.9 Å². The predicted molar refractivity (Wildman–Crippen MR) is 86.8 cm³/mol. The summed E-state index contributed by atoms with van der Waals surface area (Å²) in [6.07, 6.45) is 4.88. The molecule has 3 rings (SSSR count). The van der Waals surface area contributed by atoms with E-state index in [1.54, 1.807) is 0 Å². The Bertz CT molecular complexity index is 515. The lowest BCUT2D eigenvalue weighted by Gasteiger charge is -2.29. The van der Waals surface area contributed by atoms with Gasteiger partial charge in [0.25, 0.3) is 0 Å². The van der Waals surface area contributed by atoms with Crippen LogP contribution >= 0.6 is 22.6 Å². The van der Waals surface area contributed by atoms with Crippen LogP contribution in [0, 0.1) is 3.57 Å². The van der Waals surface area contributed by atoms with Gasteiger partial charge in [-0.3, -0.25) is 0 Å². The van der Waals surface area contributed by atoms with E-state index in [9.17, 15) is 0 Å². The molecular formula is C16H20INO. The van der Waals surface area contributed by atoms with Crippen molar-refractivity contribution < 1.29 is 4.74 Å². The summed E-state index contributed by atoms with van der Waals surface area (Å²) in [5.41, 5.74) is 1.38. The van der Waals surface area contributed by atoms with Crippen LogP contribution in [0.1, 0.15) is 45.1 Å². The smallest absolute Gasteiger partial charge is 0.194 e. The van der Waals surface area contributed by atoms with Crippen LogP contribution in [0.4, 0.5) is 0 Å². The number of nitrogens with zero attached hydrogens (tertiary/aromatic N) is 1. The summed E-state index contributed by atoms with van der Waals surface area (Å²) in [6, 6.07) is 8.69. The summed E-state index contributed by atoms with van der Waals surface area (Å²) in [6.45, 7) is 5.02. The number of aliphatic imine (C=N–C) groups is 1. The Morgan fingerprint density at radius 3 is 2.42 bits per heavy atom. The van der Waals surface area contributed by atoms with Crippen molar-refractivity contribution in [1.82, 2.24) is 0 Å². The minimum Gasteiger partial charge on any atom is -0.478 e. The van der Waals surface area contributed by atoms with Gasteiger partial charge in [-0.15, -0.1) is 0 Å². The SMILES string of the molecule is CC1(C)COC(C2(c3ccccc3I)CCCC2)=N1. The van der Waals surface area contributed by atoms with Gasteiger partial charge in [0.1, 0.15) is 6.61 Å². The monoisotopic (exact) mass is 369 g/mol. The van der Waals surface area contributed by atoms with Gasteiger partial charge in [-0.25, -0.2) is 4.99 Å². The molecule has 0 spiro atoms. The van der Waals surface area contributed by atoms with E-state index in [4.69, 9.17) is 9.73 Å². The van der Waals surface area contributed by atoms with Crippen molar-refractivity contribution in [3.8, 4) is 0 Å². The van der Waals surface area contributed by atoms with Crippen LogP contribution in [0.25, 0.3) is 0 Å². The highest BCUT2D eigenvalue weighted by molar-refractivity contribution is 14.1. The Balaban J connectivity index is 2.09. The Kier molecular flexibility index (Phi) is 3.36. The maximum atomic E-state index is 6.01. The Morgan fingerprint density at radius 2 is 1.84 bits per heavy atom. The maximum Gasteiger partial charge on any atom is 0.194 e. The van der Waals surface area contributed by atoms with E-state index in [2.05, 4.69) is 60.7 Å². The van der Waals surface area contributed by atoms with Gasteiger partial charge in [0.2, 0.25) is 0 Å². The molecule has 1 fully saturated rings. The average Bonchev–Trinajstić information content (AvgIpc) is 2.97. The van der Waals surface area contributed by atoms with Gasteiger partial charge in [-0.1, -0.05) is 31.0 Å². The normalized spacial score (nSPS) is 24.1. The molecule has 2 nitrogen and oxygen atoms in total. The fourth-order valence-electron chi connectivity index (χ4n) is 3.26. The van der Waals surface area contributed by atoms with E-state index in [1.807, 2.05) is 0 Å². The summed E-state index contributed by atoms with van der Waals surface area (Å²) in [4.78, 5) is 4.88. The highest BCUT2D eigenvalue weighted by atomic mass is 127. The molecule has 0 aromatic heterocycles. The number of halogens is 1. The van der Waals surface area contributed by atoms with E-state index in [0.29, 0.717) is 6.61 Å². The maximum absolute atomic E-state index is 6.01. The molecule has 1 aromatic carbocycles. The molecule has 1 aliphatic heterocycles. The molecule has 0 amide bonds. The predicted octanol–water partition coefficient (Wildman–Crippen LogP) is 4.31. The van der Waals surface area contributed by atoms with E-state index in [0.717, 1.165) is 5.90 Å². The largest absolute Gasteiger partial charge is 0.478 e. The Labute approximate surface area is 128 Å². The second-order valence-corrected chi connectivity index (χ2v) is 7.45. The first-order valence-corrected chi connectivity index (χ1v) is 8.10. The first kappa shape index (κ1) is 13.4. The molecule has 0 unspecified atom stereocenters. The van der Waals surface area contributed by atoms with Gasteiger partial charge in [0, 0.05) is 3.57 Å². The summed E-state index contributed by atoms with van der Waals surface area (Å²) in [5.74, 6) is 0.985. The third-order valence-corrected chi connectivity index (χ3v) is 5.16. The van der Waals surface area contributed by atoms with Crippen LogP contribution in [0.3, 0.4) is 0 Å². The summed E-state index contributed by atoms with van der Waals surface area (Å²) < 4.78 is 7.34. The van der Waals surface area contributed by atoms with Gasteiger partial charge < -0.3 is 4.74 Å². The van der Waals surface area contributed by atoms with E-state index in [-0.39, 0.29) is 11.0 Å². The fraction of sp³-hybridized carbons (Fsp3) is 0.562. The number of hydrogen-bond acceptors (Lipinski definition) is 2. The third-order valence-electron chi connectivity index (χ3n) is 4.22. The second kappa shape index (κ2) is 4.76. The van der Waals surface area contributed by atoms with Crippen molar-refractivity contribution in [2.24, 2.45) is 4.99 Å². The van der Waals surface area contributed by atoms with Crippen molar-refractivity contribution in [2.45, 2.75) is 50.5 Å². The van der Waals surface area contributed by atoms with Crippen molar-refractivity contribution in [2.75, 3.05) is 6.61 Å². The molecule has 0 bridgehead atoms. The molecule has 19 heavy (non-hydrogen) atoms. The van der Waals surface area contributed by atoms with Crippen LogP contribution in [0.2, 0.25) is 0 Å². The molecule has 102 valence electrons. The lowest BCUT2D eigenvalue weighted by atomic mass is 9.78. The molecule has 1 aliphatic carbocycles. The van der Waals surface area contributed by atoms with Crippen LogP contribution in [-0.2, 0) is 10.2 Å². The van der Waals surface area contributed by atoms with Crippen LogP contribution in [0.5, 0.6) is 0 Å². The van der Waals surface area contributed by atoms with E-state index in [1.165, 1.54) is 34.8 Å². The average molecular weight is 369 g/mol. The summed E-state index contributed by atoms with van der Waals surface area (Å²) in [7, 11) is 0. The molecule has 0 atom stereocenters. The molecule has 1 aromatic rings. The van der Waals surface area contributed by atoms with E-state index >= 15 is 0 Å². The zero-order chi connectivity index (χ0) is 13.5. The standard InChI is InChI=1S/C16H20INO/c1-15(2)11-19-14(18-15)16(9-5-6-10-16)12-7-3-4-8-13(12)17/h3-4,7-8H,5-6,9-11H2,1-2H3. The molecule has 0 N–H and O–H groups in total.